The number of para-hydroxylation sites is 1. The smallest absolute Gasteiger partial charge is 0.405 e. The van der Waals surface area contributed by atoms with Crippen LogP contribution in [0.5, 0.6) is 5.75 Å². The minimum atomic E-state index is -4.82. The van der Waals surface area contributed by atoms with Crippen LogP contribution in [0.25, 0.3) is 0 Å². The fourth-order valence-electron chi connectivity index (χ4n) is 1.17. The highest BCUT2D eigenvalue weighted by atomic mass is 32.2. The second kappa shape index (κ2) is 5.76. The van der Waals surface area contributed by atoms with E-state index in [1.807, 2.05) is 0 Å². The van der Waals surface area contributed by atoms with E-state index in [-0.39, 0.29) is 12.1 Å². The zero-order valence-corrected chi connectivity index (χ0v) is 11.0. The summed E-state index contributed by atoms with van der Waals surface area (Å²) >= 11 is 0. The highest BCUT2D eigenvalue weighted by Gasteiger charge is 2.32. The lowest BCUT2D eigenvalue weighted by Crippen LogP contribution is -2.35. The summed E-state index contributed by atoms with van der Waals surface area (Å²) in [6.45, 7) is -0.299. The number of rotatable bonds is 5. The van der Waals surface area contributed by atoms with Crippen molar-refractivity contribution >= 4 is 10.2 Å². The largest absolute Gasteiger partial charge is 0.573 e. The molecular weight excluding hydrogens is 285 g/mol. The lowest BCUT2D eigenvalue weighted by molar-refractivity contribution is -0.274. The van der Waals surface area contributed by atoms with Crippen molar-refractivity contribution < 1.29 is 26.3 Å². The van der Waals surface area contributed by atoms with Gasteiger partial charge in [0.25, 0.3) is 10.2 Å². The van der Waals surface area contributed by atoms with E-state index in [2.05, 4.69) is 9.46 Å². The molecule has 1 rings (SSSR count). The number of hydrogen-bond acceptors (Lipinski definition) is 3. The van der Waals surface area contributed by atoms with Crippen molar-refractivity contribution in [3.63, 3.8) is 0 Å². The maximum Gasteiger partial charge on any atom is 0.573 e. The molecule has 0 aliphatic rings. The average molecular weight is 298 g/mol. The Bertz CT molecular complexity index is 529. The second-order valence-electron chi connectivity index (χ2n) is 3.76. The summed E-state index contributed by atoms with van der Waals surface area (Å²) in [7, 11) is -1.10. The zero-order chi connectivity index (χ0) is 14.7. The lowest BCUT2D eigenvalue weighted by atomic mass is 10.2. The van der Waals surface area contributed by atoms with Gasteiger partial charge in [0.1, 0.15) is 5.75 Å². The molecule has 0 aromatic heterocycles. The fourth-order valence-corrected chi connectivity index (χ4v) is 1.77. The molecule has 0 saturated heterocycles. The van der Waals surface area contributed by atoms with Crippen LogP contribution in [0.1, 0.15) is 5.56 Å². The second-order valence-corrected chi connectivity index (χ2v) is 5.73. The van der Waals surface area contributed by atoms with Gasteiger partial charge in [-0.1, -0.05) is 18.2 Å². The molecule has 9 heteroatoms. The van der Waals surface area contributed by atoms with Crippen molar-refractivity contribution in [2.45, 2.75) is 12.9 Å². The summed E-state index contributed by atoms with van der Waals surface area (Å²) in [6, 6.07) is 5.32. The molecule has 0 bridgehead atoms. The molecule has 0 spiro atoms. The molecule has 19 heavy (non-hydrogen) atoms. The summed E-state index contributed by atoms with van der Waals surface area (Å²) in [5.74, 6) is -0.434. The predicted molar refractivity (Wildman–Crippen MR) is 62.6 cm³/mol. The van der Waals surface area contributed by atoms with E-state index in [1.54, 1.807) is 0 Å². The minimum absolute atomic E-state index is 0.0882. The Hall–Kier alpha value is -1.32. The van der Waals surface area contributed by atoms with Crippen molar-refractivity contribution in [3.8, 4) is 5.75 Å². The number of halogens is 3. The Kier molecular flexibility index (Phi) is 4.77. The van der Waals surface area contributed by atoms with Crippen molar-refractivity contribution in [2.24, 2.45) is 0 Å². The van der Waals surface area contributed by atoms with Gasteiger partial charge in [0.15, 0.2) is 0 Å². The summed E-state index contributed by atoms with van der Waals surface area (Å²) in [5.41, 5.74) is 0.0882. The first-order valence-corrected chi connectivity index (χ1v) is 6.56. The normalized spacial score (nSPS) is 12.7. The molecule has 1 aromatic carbocycles. The minimum Gasteiger partial charge on any atom is -0.405 e. The van der Waals surface area contributed by atoms with E-state index in [4.69, 9.17) is 0 Å². The third-order valence-corrected chi connectivity index (χ3v) is 3.59. The summed E-state index contributed by atoms with van der Waals surface area (Å²) in [6.07, 6.45) is -4.82. The fraction of sp³-hybridized carbons (Fsp3) is 0.400. The van der Waals surface area contributed by atoms with Crippen LogP contribution in [0.3, 0.4) is 0 Å². The van der Waals surface area contributed by atoms with Crippen molar-refractivity contribution in [2.75, 3.05) is 14.1 Å². The number of benzene rings is 1. The van der Waals surface area contributed by atoms with Crippen molar-refractivity contribution in [1.29, 1.82) is 0 Å². The van der Waals surface area contributed by atoms with Crippen molar-refractivity contribution in [1.82, 2.24) is 9.03 Å². The molecule has 1 aromatic rings. The Balaban J connectivity index is 2.85. The van der Waals surface area contributed by atoms with Gasteiger partial charge in [-0.15, -0.1) is 13.2 Å². The maximum atomic E-state index is 12.2. The Morgan fingerprint density at radius 2 is 1.84 bits per heavy atom. The Morgan fingerprint density at radius 1 is 1.26 bits per heavy atom. The van der Waals surface area contributed by atoms with Crippen LogP contribution in [0, 0.1) is 0 Å². The van der Waals surface area contributed by atoms with Crippen LogP contribution < -0.4 is 9.46 Å². The van der Waals surface area contributed by atoms with Gasteiger partial charge in [-0.2, -0.15) is 17.4 Å². The van der Waals surface area contributed by atoms with Crippen LogP contribution in [0.15, 0.2) is 24.3 Å². The molecule has 1 N–H and O–H groups in total. The summed E-state index contributed by atoms with van der Waals surface area (Å²) in [5, 5.41) is 0. The topological polar surface area (TPSA) is 58.6 Å². The molecule has 108 valence electrons. The standard InChI is InChI=1S/C10H13F3N2O3S/c1-15(2)19(16,17)14-7-8-5-3-4-6-9(8)18-10(11,12)13/h3-6,14H,7H2,1-2H3. The molecule has 0 aliphatic heterocycles. The van der Waals surface area contributed by atoms with Crippen LogP contribution in [-0.2, 0) is 16.8 Å². The number of ether oxygens (including phenoxy) is 1. The molecule has 0 atom stereocenters. The van der Waals surface area contributed by atoms with Gasteiger partial charge < -0.3 is 4.74 Å². The van der Waals surface area contributed by atoms with Gasteiger partial charge in [-0.05, 0) is 6.07 Å². The van der Waals surface area contributed by atoms with Gasteiger partial charge in [0.05, 0.1) is 0 Å². The third kappa shape index (κ3) is 5.05. The predicted octanol–water partition coefficient (Wildman–Crippen LogP) is 1.48. The molecule has 0 heterocycles. The van der Waals surface area contributed by atoms with Gasteiger partial charge in [-0.3, -0.25) is 0 Å². The molecule has 0 amide bonds. The van der Waals surface area contributed by atoms with Gasteiger partial charge in [-0.25, -0.2) is 0 Å². The first kappa shape index (κ1) is 15.7. The first-order chi connectivity index (χ1) is 8.62. The maximum absolute atomic E-state index is 12.2. The van der Waals surface area contributed by atoms with Gasteiger partial charge >= 0.3 is 6.36 Å². The third-order valence-electron chi connectivity index (χ3n) is 2.12. The Labute approximate surface area is 109 Å². The number of hydrogen-bond donors (Lipinski definition) is 1. The number of nitrogens with one attached hydrogen (secondary N) is 1. The molecular formula is C10H13F3N2O3S. The van der Waals surface area contributed by atoms with Crippen LogP contribution in [0.4, 0.5) is 13.2 Å². The highest BCUT2D eigenvalue weighted by Crippen LogP contribution is 2.26. The molecule has 0 saturated carbocycles. The van der Waals surface area contributed by atoms with E-state index in [0.717, 1.165) is 10.4 Å². The van der Waals surface area contributed by atoms with Crippen LogP contribution in [-0.4, -0.2) is 33.2 Å². The molecule has 0 radical (unpaired) electrons. The van der Waals surface area contributed by atoms with E-state index in [9.17, 15) is 21.6 Å². The molecule has 0 unspecified atom stereocenters. The molecule has 0 aliphatic carbocycles. The van der Waals surface area contributed by atoms with E-state index >= 15 is 0 Å². The van der Waals surface area contributed by atoms with Gasteiger partial charge in [0.2, 0.25) is 0 Å². The first-order valence-electron chi connectivity index (χ1n) is 5.12. The van der Waals surface area contributed by atoms with Crippen LogP contribution >= 0.6 is 0 Å². The average Bonchev–Trinajstić information content (AvgIpc) is 2.25. The van der Waals surface area contributed by atoms with E-state index in [0.29, 0.717) is 0 Å². The SMILES string of the molecule is CN(C)S(=O)(=O)NCc1ccccc1OC(F)(F)F. The number of nitrogens with zero attached hydrogens (tertiary/aromatic N) is 1. The molecule has 5 nitrogen and oxygen atoms in total. The van der Waals surface area contributed by atoms with Gasteiger partial charge in [0, 0.05) is 26.2 Å². The lowest BCUT2D eigenvalue weighted by Gasteiger charge is -2.15. The quantitative estimate of drug-likeness (QED) is 0.896. The van der Waals surface area contributed by atoms with Crippen LogP contribution in [0.2, 0.25) is 0 Å². The van der Waals surface area contributed by atoms with E-state index in [1.165, 1.54) is 32.3 Å². The Morgan fingerprint density at radius 3 is 2.37 bits per heavy atom. The zero-order valence-electron chi connectivity index (χ0n) is 10.2. The monoisotopic (exact) mass is 298 g/mol. The summed E-state index contributed by atoms with van der Waals surface area (Å²) in [4.78, 5) is 0. The highest BCUT2D eigenvalue weighted by molar-refractivity contribution is 7.87. The summed E-state index contributed by atoms with van der Waals surface area (Å²) < 4.78 is 66.2. The number of alkyl halides is 3. The molecule has 0 fully saturated rings. The van der Waals surface area contributed by atoms with E-state index < -0.39 is 22.3 Å². The van der Waals surface area contributed by atoms with Crippen molar-refractivity contribution in [3.05, 3.63) is 29.8 Å².